The second-order valence-electron chi connectivity index (χ2n) is 11.2. The van der Waals surface area contributed by atoms with E-state index < -0.39 is 15.4 Å². The van der Waals surface area contributed by atoms with Gasteiger partial charge in [-0.2, -0.15) is 0 Å². The molecular formula is C28H36N2O3S. The van der Waals surface area contributed by atoms with Crippen LogP contribution in [-0.2, 0) is 21.4 Å². The summed E-state index contributed by atoms with van der Waals surface area (Å²) in [5.41, 5.74) is 1.44. The van der Waals surface area contributed by atoms with E-state index in [1.165, 1.54) is 5.56 Å². The minimum atomic E-state index is -3.62. The zero-order valence-electron chi connectivity index (χ0n) is 20.2. The van der Waals surface area contributed by atoms with Crippen LogP contribution in [0, 0.1) is 16.7 Å². The number of piperidine rings is 1. The number of Topliss-reactive ketones (excluding diaryl/α,β-unsaturated/α-hetero) is 1. The first-order chi connectivity index (χ1) is 16.2. The Bertz CT molecular complexity index is 1130. The van der Waals surface area contributed by atoms with Crippen LogP contribution in [-0.4, -0.2) is 44.0 Å². The van der Waals surface area contributed by atoms with Crippen molar-refractivity contribution in [2.24, 2.45) is 16.7 Å². The molecule has 3 fully saturated rings. The van der Waals surface area contributed by atoms with Crippen molar-refractivity contribution in [3.8, 4) is 0 Å². The van der Waals surface area contributed by atoms with Crippen LogP contribution in [0.4, 0.5) is 0 Å². The van der Waals surface area contributed by atoms with Crippen LogP contribution in [0.1, 0.15) is 56.6 Å². The fourth-order valence-corrected chi connectivity index (χ4v) is 9.04. The summed E-state index contributed by atoms with van der Waals surface area (Å²) in [7, 11) is -3.62. The summed E-state index contributed by atoms with van der Waals surface area (Å²) in [6, 6.07) is 20.5. The molecule has 0 amide bonds. The van der Waals surface area contributed by atoms with E-state index in [0.29, 0.717) is 18.8 Å². The number of nitrogens with one attached hydrogen (secondary N) is 1. The number of likely N-dealkylation sites (tertiary alicyclic amines) is 1. The first-order valence-corrected chi connectivity index (χ1v) is 14.2. The molecule has 0 spiro atoms. The maximum absolute atomic E-state index is 13.5. The maximum atomic E-state index is 13.5. The van der Waals surface area contributed by atoms with Crippen LogP contribution >= 0.6 is 0 Å². The Balaban J connectivity index is 1.35. The molecule has 182 valence electrons. The van der Waals surface area contributed by atoms with Crippen molar-refractivity contribution in [1.29, 1.82) is 0 Å². The topological polar surface area (TPSA) is 66.5 Å². The molecular weight excluding hydrogens is 444 g/mol. The third kappa shape index (κ3) is 4.25. The molecule has 1 heterocycles. The second-order valence-corrected chi connectivity index (χ2v) is 12.9. The van der Waals surface area contributed by atoms with Crippen molar-refractivity contribution in [2.45, 2.75) is 58.0 Å². The number of nitrogens with zero attached hydrogens (tertiary/aromatic N) is 1. The number of carbonyl (C=O) groups excluding carboxylic acids is 1. The molecule has 3 aliphatic rings. The van der Waals surface area contributed by atoms with E-state index in [0.717, 1.165) is 38.0 Å². The number of benzene rings is 2. The van der Waals surface area contributed by atoms with Gasteiger partial charge in [-0.05, 0) is 41.7 Å². The molecule has 0 unspecified atom stereocenters. The quantitative estimate of drug-likeness (QED) is 0.640. The molecule has 34 heavy (non-hydrogen) atoms. The Hall–Kier alpha value is -2.02. The number of ketones is 1. The molecule has 6 heteroatoms. The highest BCUT2D eigenvalue weighted by atomic mass is 32.2. The SMILES string of the molecule is CC1(C)[C@@H]2CC[C@@]1(CS(=O)(=O)N[C@@H]1CCN(Cc3ccccc3)C[C@@H]1c1ccccc1)C(=O)C2. The Morgan fingerprint density at radius 2 is 1.68 bits per heavy atom. The van der Waals surface area contributed by atoms with Crippen molar-refractivity contribution in [1.82, 2.24) is 9.62 Å². The number of hydrogen-bond acceptors (Lipinski definition) is 4. The van der Waals surface area contributed by atoms with Crippen molar-refractivity contribution in [2.75, 3.05) is 18.8 Å². The van der Waals surface area contributed by atoms with Gasteiger partial charge in [0.15, 0.2) is 0 Å². The number of rotatable bonds is 7. The minimum Gasteiger partial charge on any atom is -0.299 e. The first kappa shape index (κ1) is 23.7. The highest BCUT2D eigenvalue weighted by Crippen LogP contribution is 2.64. The zero-order chi connectivity index (χ0) is 24.0. The van der Waals surface area contributed by atoms with E-state index >= 15 is 0 Å². The Kier molecular flexibility index (Phi) is 6.20. The van der Waals surface area contributed by atoms with E-state index in [2.05, 4.69) is 59.9 Å². The van der Waals surface area contributed by atoms with Crippen LogP contribution in [0.15, 0.2) is 60.7 Å². The second kappa shape index (κ2) is 8.89. The highest BCUT2D eigenvalue weighted by Gasteiger charge is 2.65. The Morgan fingerprint density at radius 3 is 2.29 bits per heavy atom. The van der Waals surface area contributed by atoms with Crippen LogP contribution in [0.5, 0.6) is 0 Å². The molecule has 2 saturated carbocycles. The number of fused-ring (bicyclic) bond motifs is 2. The molecule has 2 aromatic carbocycles. The van der Waals surface area contributed by atoms with Crippen molar-refractivity contribution < 1.29 is 13.2 Å². The van der Waals surface area contributed by atoms with Gasteiger partial charge >= 0.3 is 0 Å². The largest absolute Gasteiger partial charge is 0.299 e. The molecule has 0 radical (unpaired) electrons. The lowest BCUT2D eigenvalue weighted by Crippen LogP contribution is -2.52. The smallest absolute Gasteiger partial charge is 0.212 e. The molecule has 1 saturated heterocycles. The van der Waals surface area contributed by atoms with Gasteiger partial charge in [0.2, 0.25) is 10.0 Å². The Morgan fingerprint density at radius 1 is 1.00 bits per heavy atom. The van der Waals surface area contributed by atoms with Crippen LogP contribution in [0.25, 0.3) is 0 Å². The molecule has 4 atom stereocenters. The van der Waals surface area contributed by atoms with Gasteiger partial charge in [-0.25, -0.2) is 13.1 Å². The summed E-state index contributed by atoms with van der Waals surface area (Å²) in [5, 5.41) is 0. The number of hydrogen-bond donors (Lipinski definition) is 1. The van der Waals surface area contributed by atoms with E-state index in [4.69, 9.17) is 0 Å². The van der Waals surface area contributed by atoms with Crippen molar-refractivity contribution in [3.05, 3.63) is 71.8 Å². The normalized spacial score (nSPS) is 31.1. The third-order valence-electron chi connectivity index (χ3n) is 9.08. The molecule has 1 aliphatic heterocycles. The standard InChI is InChI=1S/C28H36N2O3S/c1-27(2)23-13-15-28(27,26(31)17-23)20-34(32,33)29-25-14-16-30(18-21-9-5-3-6-10-21)19-24(25)22-11-7-4-8-12-22/h3-12,23-25,29H,13-20H2,1-2H3/t23-,24-,25-,28-/m1/s1. The van der Waals surface area contributed by atoms with Crippen LogP contribution in [0.3, 0.4) is 0 Å². The molecule has 0 aromatic heterocycles. The lowest BCUT2D eigenvalue weighted by molar-refractivity contribution is -0.128. The van der Waals surface area contributed by atoms with Gasteiger partial charge < -0.3 is 0 Å². The number of sulfonamides is 1. The molecule has 2 aliphatic carbocycles. The summed E-state index contributed by atoms with van der Waals surface area (Å²) in [6.45, 7) is 6.68. The molecule has 2 bridgehead atoms. The predicted octanol–water partition coefficient (Wildman–Crippen LogP) is 4.36. The summed E-state index contributed by atoms with van der Waals surface area (Å²) >= 11 is 0. The van der Waals surface area contributed by atoms with Gasteiger partial charge in [-0.3, -0.25) is 9.69 Å². The average Bonchev–Trinajstić information content (AvgIpc) is 3.15. The molecule has 1 N–H and O–H groups in total. The van der Waals surface area contributed by atoms with Gasteiger partial charge in [-0.15, -0.1) is 0 Å². The van der Waals surface area contributed by atoms with Crippen LogP contribution < -0.4 is 4.72 Å². The monoisotopic (exact) mass is 480 g/mol. The van der Waals surface area contributed by atoms with Gasteiger partial charge in [0.05, 0.1) is 5.75 Å². The van der Waals surface area contributed by atoms with Gasteiger partial charge in [0.1, 0.15) is 5.78 Å². The maximum Gasteiger partial charge on any atom is 0.212 e. The summed E-state index contributed by atoms with van der Waals surface area (Å²) < 4.78 is 30.2. The predicted molar refractivity (Wildman–Crippen MR) is 135 cm³/mol. The zero-order valence-corrected chi connectivity index (χ0v) is 21.1. The van der Waals surface area contributed by atoms with E-state index in [-0.39, 0.29) is 28.9 Å². The van der Waals surface area contributed by atoms with E-state index in [1.807, 2.05) is 24.3 Å². The highest BCUT2D eigenvalue weighted by molar-refractivity contribution is 7.89. The lowest BCUT2D eigenvalue weighted by atomic mass is 9.70. The summed E-state index contributed by atoms with van der Waals surface area (Å²) in [6.07, 6.45) is 2.94. The fraction of sp³-hybridized carbons (Fsp3) is 0.536. The summed E-state index contributed by atoms with van der Waals surface area (Å²) in [5.74, 6) is 0.452. The first-order valence-electron chi connectivity index (χ1n) is 12.5. The van der Waals surface area contributed by atoms with E-state index in [1.54, 1.807) is 0 Å². The van der Waals surface area contributed by atoms with Crippen molar-refractivity contribution >= 4 is 15.8 Å². The van der Waals surface area contributed by atoms with Crippen molar-refractivity contribution in [3.63, 3.8) is 0 Å². The molecule has 5 nitrogen and oxygen atoms in total. The van der Waals surface area contributed by atoms with Gasteiger partial charge in [0, 0.05) is 43.4 Å². The minimum absolute atomic E-state index is 0.0644. The average molecular weight is 481 g/mol. The third-order valence-corrected chi connectivity index (χ3v) is 10.6. The van der Waals surface area contributed by atoms with E-state index in [9.17, 15) is 13.2 Å². The molecule has 5 rings (SSSR count). The molecule has 2 aromatic rings. The lowest BCUT2D eigenvalue weighted by Gasteiger charge is -2.40. The van der Waals surface area contributed by atoms with Gasteiger partial charge in [0.25, 0.3) is 0 Å². The fourth-order valence-electron chi connectivity index (χ4n) is 6.89. The summed E-state index contributed by atoms with van der Waals surface area (Å²) in [4.78, 5) is 15.4. The van der Waals surface area contributed by atoms with Gasteiger partial charge in [-0.1, -0.05) is 74.5 Å². The van der Waals surface area contributed by atoms with Crippen LogP contribution in [0.2, 0.25) is 0 Å². The Labute approximate surface area is 204 Å². The number of carbonyl (C=O) groups is 1.